The number of carbonyl (C=O) groups is 1. The zero-order chi connectivity index (χ0) is 12.8. The summed E-state index contributed by atoms with van der Waals surface area (Å²) in [6.07, 6.45) is 0.516. The Bertz CT molecular complexity index is 392. The minimum atomic E-state index is 0.175. The SMILES string of the molecule is CCN(C)c1cc(NCCC(C)=O)nc(C)n1. The molecule has 0 spiro atoms. The predicted molar refractivity (Wildman–Crippen MR) is 69.5 cm³/mol. The topological polar surface area (TPSA) is 58.1 Å². The molecule has 0 radical (unpaired) electrons. The number of anilines is 2. The molecule has 1 heterocycles. The van der Waals surface area contributed by atoms with Crippen LogP contribution < -0.4 is 10.2 Å². The van der Waals surface area contributed by atoms with Gasteiger partial charge >= 0.3 is 0 Å². The number of nitrogens with one attached hydrogen (secondary N) is 1. The van der Waals surface area contributed by atoms with Gasteiger partial charge in [0.15, 0.2) is 0 Å². The summed E-state index contributed by atoms with van der Waals surface area (Å²) >= 11 is 0. The highest BCUT2D eigenvalue weighted by Gasteiger charge is 2.05. The Morgan fingerprint density at radius 2 is 2.18 bits per heavy atom. The molecule has 0 bridgehead atoms. The standard InChI is InChI=1S/C12H20N4O/c1-5-16(4)12-8-11(14-10(3)15-12)13-7-6-9(2)17/h8H,5-7H2,1-4H3,(H,13,14,15). The van der Waals surface area contributed by atoms with Crippen molar-refractivity contribution in [2.45, 2.75) is 27.2 Å². The van der Waals surface area contributed by atoms with E-state index in [0.717, 1.165) is 24.0 Å². The van der Waals surface area contributed by atoms with E-state index in [4.69, 9.17) is 0 Å². The number of hydrogen-bond donors (Lipinski definition) is 1. The fourth-order valence-corrected chi connectivity index (χ4v) is 1.37. The highest BCUT2D eigenvalue weighted by Crippen LogP contribution is 2.14. The summed E-state index contributed by atoms with van der Waals surface area (Å²) in [6.45, 7) is 7.02. The fourth-order valence-electron chi connectivity index (χ4n) is 1.37. The number of Topliss-reactive ketones (excluding diaryl/α,β-unsaturated/α-hetero) is 1. The molecule has 17 heavy (non-hydrogen) atoms. The summed E-state index contributed by atoms with van der Waals surface area (Å²) in [5.74, 6) is 2.57. The summed E-state index contributed by atoms with van der Waals surface area (Å²) in [5, 5.41) is 3.14. The van der Waals surface area contributed by atoms with Gasteiger partial charge in [-0.25, -0.2) is 9.97 Å². The molecule has 1 aromatic rings. The molecule has 0 aliphatic carbocycles. The van der Waals surface area contributed by atoms with Crippen molar-refractivity contribution in [1.82, 2.24) is 9.97 Å². The van der Waals surface area contributed by atoms with Crippen molar-refractivity contribution in [3.63, 3.8) is 0 Å². The zero-order valence-electron chi connectivity index (χ0n) is 10.9. The van der Waals surface area contributed by atoms with Crippen LogP contribution in [0.1, 0.15) is 26.1 Å². The van der Waals surface area contributed by atoms with Gasteiger partial charge in [0.25, 0.3) is 0 Å². The molecule has 0 amide bonds. The Balaban J connectivity index is 2.72. The van der Waals surface area contributed by atoms with Crippen molar-refractivity contribution >= 4 is 17.4 Å². The molecule has 0 saturated heterocycles. The quantitative estimate of drug-likeness (QED) is 0.813. The second-order valence-corrected chi connectivity index (χ2v) is 4.05. The lowest BCUT2D eigenvalue weighted by atomic mass is 10.3. The Kier molecular flexibility index (Phi) is 4.87. The van der Waals surface area contributed by atoms with Crippen LogP contribution in [0.25, 0.3) is 0 Å². The molecule has 5 heteroatoms. The second kappa shape index (κ2) is 6.18. The van der Waals surface area contributed by atoms with Crippen molar-refractivity contribution in [1.29, 1.82) is 0 Å². The Morgan fingerprint density at radius 1 is 1.47 bits per heavy atom. The summed E-state index contributed by atoms with van der Waals surface area (Å²) < 4.78 is 0. The third-order valence-electron chi connectivity index (χ3n) is 2.47. The van der Waals surface area contributed by atoms with Gasteiger partial charge in [-0.15, -0.1) is 0 Å². The van der Waals surface area contributed by atoms with Crippen molar-refractivity contribution in [2.24, 2.45) is 0 Å². The minimum Gasteiger partial charge on any atom is -0.369 e. The third kappa shape index (κ3) is 4.38. The molecule has 1 rings (SSSR count). The van der Waals surface area contributed by atoms with Crippen molar-refractivity contribution in [2.75, 3.05) is 30.4 Å². The van der Waals surface area contributed by atoms with Crippen LogP contribution in [-0.2, 0) is 4.79 Å². The first-order valence-corrected chi connectivity index (χ1v) is 5.83. The van der Waals surface area contributed by atoms with Crippen LogP contribution in [-0.4, -0.2) is 35.9 Å². The van der Waals surface area contributed by atoms with Gasteiger partial charge in [0.2, 0.25) is 0 Å². The molecule has 1 N–H and O–H groups in total. The van der Waals surface area contributed by atoms with Gasteiger partial charge < -0.3 is 10.2 Å². The van der Waals surface area contributed by atoms with Gasteiger partial charge in [0, 0.05) is 32.6 Å². The van der Waals surface area contributed by atoms with Crippen molar-refractivity contribution in [3.05, 3.63) is 11.9 Å². The summed E-state index contributed by atoms with van der Waals surface area (Å²) in [5.41, 5.74) is 0. The molecule has 94 valence electrons. The van der Waals surface area contributed by atoms with Crippen LogP contribution in [0.15, 0.2) is 6.07 Å². The average Bonchev–Trinajstić information content (AvgIpc) is 2.26. The van der Waals surface area contributed by atoms with E-state index in [1.807, 2.05) is 24.9 Å². The van der Waals surface area contributed by atoms with Crippen LogP contribution in [0.2, 0.25) is 0 Å². The highest BCUT2D eigenvalue weighted by atomic mass is 16.1. The number of carbonyl (C=O) groups excluding carboxylic acids is 1. The second-order valence-electron chi connectivity index (χ2n) is 4.05. The lowest BCUT2D eigenvalue weighted by molar-refractivity contribution is -0.116. The number of ketones is 1. The molecule has 0 fully saturated rings. The molecule has 1 aromatic heterocycles. The third-order valence-corrected chi connectivity index (χ3v) is 2.47. The fraction of sp³-hybridized carbons (Fsp3) is 0.583. The van der Waals surface area contributed by atoms with Gasteiger partial charge in [0.1, 0.15) is 23.2 Å². The van der Waals surface area contributed by atoms with Crippen LogP contribution in [0.3, 0.4) is 0 Å². The van der Waals surface area contributed by atoms with Gasteiger partial charge in [-0.05, 0) is 20.8 Å². The molecule has 0 aliphatic heterocycles. The molecular weight excluding hydrogens is 216 g/mol. The van der Waals surface area contributed by atoms with E-state index < -0.39 is 0 Å². The molecular formula is C12H20N4O. The van der Waals surface area contributed by atoms with E-state index >= 15 is 0 Å². The maximum atomic E-state index is 10.8. The monoisotopic (exact) mass is 236 g/mol. The average molecular weight is 236 g/mol. The van der Waals surface area contributed by atoms with Gasteiger partial charge in [-0.1, -0.05) is 0 Å². The maximum Gasteiger partial charge on any atom is 0.134 e. The lowest BCUT2D eigenvalue weighted by Gasteiger charge is -2.17. The van der Waals surface area contributed by atoms with Crippen LogP contribution in [0.5, 0.6) is 0 Å². The maximum absolute atomic E-state index is 10.8. The van der Waals surface area contributed by atoms with Crippen LogP contribution >= 0.6 is 0 Å². The van der Waals surface area contributed by atoms with E-state index in [2.05, 4.69) is 22.2 Å². The van der Waals surface area contributed by atoms with Gasteiger partial charge in [-0.3, -0.25) is 4.79 Å². The highest BCUT2D eigenvalue weighted by molar-refractivity contribution is 5.75. The molecule has 0 saturated carbocycles. The predicted octanol–water partition coefficient (Wildman–Crippen LogP) is 1.63. The first-order valence-electron chi connectivity index (χ1n) is 5.83. The Morgan fingerprint density at radius 3 is 2.76 bits per heavy atom. The summed E-state index contributed by atoms with van der Waals surface area (Å²) in [6, 6.07) is 1.90. The van der Waals surface area contributed by atoms with E-state index in [-0.39, 0.29) is 5.78 Å². The number of aryl methyl sites for hydroxylation is 1. The number of rotatable bonds is 6. The summed E-state index contributed by atoms with van der Waals surface area (Å²) in [7, 11) is 1.99. The normalized spacial score (nSPS) is 10.1. The van der Waals surface area contributed by atoms with Crippen LogP contribution in [0.4, 0.5) is 11.6 Å². The van der Waals surface area contributed by atoms with Gasteiger partial charge in [0.05, 0.1) is 0 Å². The van der Waals surface area contributed by atoms with E-state index in [1.54, 1.807) is 6.92 Å². The van der Waals surface area contributed by atoms with Crippen LogP contribution in [0, 0.1) is 6.92 Å². The number of aromatic nitrogens is 2. The smallest absolute Gasteiger partial charge is 0.134 e. The first-order chi connectivity index (χ1) is 8.02. The number of hydrogen-bond acceptors (Lipinski definition) is 5. The Labute approximate surface area is 102 Å². The number of nitrogens with zero attached hydrogens (tertiary/aromatic N) is 3. The zero-order valence-corrected chi connectivity index (χ0v) is 10.9. The first kappa shape index (κ1) is 13.4. The molecule has 5 nitrogen and oxygen atoms in total. The van der Waals surface area contributed by atoms with E-state index in [0.29, 0.717) is 13.0 Å². The molecule has 0 aromatic carbocycles. The molecule has 0 atom stereocenters. The van der Waals surface area contributed by atoms with E-state index in [9.17, 15) is 4.79 Å². The minimum absolute atomic E-state index is 0.175. The lowest BCUT2D eigenvalue weighted by Crippen LogP contribution is -2.18. The molecule has 0 aliphatic rings. The van der Waals surface area contributed by atoms with Gasteiger partial charge in [-0.2, -0.15) is 0 Å². The molecule has 0 unspecified atom stereocenters. The van der Waals surface area contributed by atoms with Crippen molar-refractivity contribution in [3.8, 4) is 0 Å². The Hall–Kier alpha value is -1.65. The summed E-state index contributed by atoms with van der Waals surface area (Å²) in [4.78, 5) is 21.5. The van der Waals surface area contributed by atoms with Crippen molar-refractivity contribution < 1.29 is 4.79 Å². The largest absolute Gasteiger partial charge is 0.369 e. The van der Waals surface area contributed by atoms with E-state index in [1.165, 1.54) is 0 Å².